The van der Waals surface area contributed by atoms with Gasteiger partial charge in [0.2, 0.25) is 0 Å². The number of amides is 2. The summed E-state index contributed by atoms with van der Waals surface area (Å²) in [6.45, 7) is 0. The van der Waals surface area contributed by atoms with Crippen molar-refractivity contribution in [3.8, 4) is 0 Å². The molecule has 0 aliphatic heterocycles. The molecular formula is C10H13ClN2OS. The van der Waals surface area contributed by atoms with Gasteiger partial charge in [-0.05, 0) is 24.5 Å². The Kier molecular flexibility index (Phi) is 4.78. The fourth-order valence-corrected chi connectivity index (χ4v) is 1.73. The Hall–Kier alpha value is -0.870. The number of halogens is 1. The summed E-state index contributed by atoms with van der Waals surface area (Å²) in [5.74, 6) is 0.659. The van der Waals surface area contributed by atoms with Crippen LogP contribution in [0.3, 0.4) is 0 Å². The molecule has 2 amide bonds. The van der Waals surface area contributed by atoms with Crippen LogP contribution in [-0.4, -0.2) is 30.1 Å². The van der Waals surface area contributed by atoms with E-state index in [0.29, 0.717) is 16.6 Å². The monoisotopic (exact) mass is 244 g/mol. The highest BCUT2D eigenvalue weighted by Gasteiger charge is 2.07. The van der Waals surface area contributed by atoms with Crippen molar-refractivity contribution in [3.05, 3.63) is 29.3 Å². The molecule has 0 atom stereocenters. The Morgan fingerprint density at radius 3 is 2.93 bits per heavy atom. The summed E-state index contributed by atoms with van der Waals surface area (Å²) in [5.41, 5.74) is 0.709. The molecular weight excluding hydrogens is 232 g/mol. The molecule has 0 aromatic heterocycles. The van der Waals surface area contributed by atoms with Gasteiger partial charge in [-0.1, -0.05) is 17.7 Å². The third-order valence-corrected chi connectivity index (χ3v) is 2.63. The van der Waals surface area contributed by atoms with Crippen LogP contribution in [0.1, 0.15) is 0 Å². The van der Waals surface area contributed by atoms with Gasteiger partial charge in [0.05, 0.1) is 5.88 Å². The van der Waals surface area contributed by atoms with E-state index in [1.165, 1.54) is 0 Å². The van der Waals surface area contributed by atoms with Crippen LogP contribution < -0.4 is 5.32 Å². The number of urea groups is 1. The van der Waals surface area contributed by atoms with Crippen LogP contribution in [0.4, 0.5) is 10.5 Å². The molecule has 0 bridgehead atoms. The first kappa shape index (κ1) is 12.2. The van der Waals surface area contributed by atoms with Gasteiger partial charge in [0.25, 0.3) is 0 Å². The minimum Gasteiger partial charge on any atom is -0.318 e. The van der Waals surface area contributed by atoms with Crippen LogP contribution in [-0.2, 0) is 0 Å². The van der Waals surface area contributed by atoms with E-state index in [-0.39, 0.29) is 6.03 Å². The van der Waals surface area contributed by atoms with Gasteiger partial charge in [-0.2, -0.15) is 0 Å². The van der Waals surface area contributed by atoms with Gasteiger partial charge in [-0.15, -0.1) is 11.8 Å². The fourth-order valence-electron chi connectivity index (χ4n) is 1.04. The third kappa shape index (κ3) is 4.01. The number of anilines is 1. The molecule has 15 heavy (non-hydrogen) atoms. The number of thioether (sulfide) groups is 1. The lowest BCUT2D eigenvalue weighted by molar-refractivity contribution is 0.229. The van der Waals surface area contributed by atoms with Crippen LogP contribution in [0.2, 0.25) is 5.02 Å². The van der Waals surface area contributed by atoms with Crippen LogP contribution in [0.15, 0.2) is 24.3 Å². The summed E-state index contributed by atoms with van der Waals surface area (Å²) >= 11 is 7.39. The lowest BCUT2D eigenvalue weighted by Crippen LogP contribution is -2.30. The normalized spacial score (nSPS) is 9.80. The van der Waals surface area contributed by atoms with E-state index in [1.54, 1.807) is 48.0 Å². The molecule has 0 aliphatic carbocycles. The molecule has 1 rings (SSSR count). The van der Waals surface area contributed by atoms with Crippen LogP contribution >= 0.6 is 23.4 Å². The molecule has 1 N–H and O–H groups in total. The van der Waals surface area contributed by atoms with Gasteiger partial charge in [-0.3, -0.25) is 0 Å². The predicted molar refractivity (Wildman–Crippen MR) is 66.6 cm³/mol. The number of hydrogen-bond donors (Lipinski definition) is 1. The fraction of sp³-hybridized carbons (Fsp3) is 0.300. The Labute approximate surface area is 98.8 Å². The molecule has 0 heterocycles. The number of carbonyl (C=O) groups is 1. The van der Waals surface area contributed by atoms with E-state index in [9.17, 15) is 4.79 Å². The number of rotatable bonds is 3. The standard InChI is InChI=1S/C10H13ClN2OS/c1-13(7-15-2)10(14)12-9-5-3-4-8(11)6-9/h3-6H,7H2,1-2H3,(H,12,14). The SMILES string of the molecule is CSCN(C)C(=O)Nc1cccc(Cl)c1. The molecule has 5 heteroatoms. The van der Waals surface area contributed by atoms with Crippen molar-refractivity contribution in [3.63, 3.8) is 0 Å². The largest absolute Gasteiger partial charge is 0.322 e. The second kappa shape index (κ2) is 5.88. The molecule has 0 aliphatic rings. The maximum atomic E-state index is 11.6. The molecule has 0 saturated heterocycles. The van der Waals surface area contributed by atoms with Crippen molar-refractivity contribution >= 4 is 35.1 Å². The lowest BCUT2D eigenvalue weighted by atomic mass is 10.3. The predicted octanol–water partition coefficient (Wildman–Crippen LogP) is 3.12. The second-order valence-corrected chi connectivity index (χ2v) is 4.33. The van der Waals surface area contributed by atoms with Gasteiger partial charge >= 0.3 is 6.03 Å². The van der Waals surface area contributed by atoms with E-state index >= 15 is 0 Å². The molecule has 1 aromatic carbocycles. The zero-order valence-electron chi connectivity index (χ0n) is 8.66. The molecule has 0 unspecified atom stereocenters. The molecule has 3 nitrogen and oxygen atoms in total. The first-order chi connectivity index (χ1) is 7.13. The number of nitrogens with zero attached hydrogens (tertiary/aromatic N) is 1. The highest BCUT2D eigenvalue weighted by atomic mass is 35.5. The zero-order valence-corrected chi connectivity index (χ0v) is 10.2. The summed E-state index contributed by atoms with van der Waals surface area (Å²) in [7, 11) is 1.75. The Morgan fingerprint density at radius 2 is 2.33 bits per heavy atom. The lowest BCUT2D eigenvalue weighted by Gasteiger charge is -2.16. The highest BCUT2D eigenvalue weighted by molar-refractivity contribution is 7.98. The summed E-state index contributed by atoms with van der Waals surface area (Å²) in [5, 5.41) is 3.37. The van der Waals surface area contributed by atoms with E-state index in [1.807, 2.05) is 6.26 Å². The smallest absolute Gasteiger partial charge is 0.318 e. The van der Waals surface area contributed by atoms with Gasteiger partial charge in [-0.25, -0.2) is 4.79 Å². The van der Waals surface area contributed by atoms with Gasteiger partial charge < -0.3 is 10.2 Å². The number of nitrogens with one attached hydrogen (secondary N) is 1. The van der Waals surface area contributed by atoms with Crippen molar-refractivity contribution in [2.75, 3.05) is 24.5 Å². The molecule has 0 saturated carbocycles. The molecule has 1 aromatic rings. The van der Waals surface area contributed by atoms with Crippen LogP contribution in [0.5, 0.6) is 0 Å². The van der Waals surface area contributed by atoms with Crippen LogP contribution in [0.25, 0.3) is 0 Å². The minimum absolute atomic E-state index is 0.133. The number of hydrogen-bond acceptors (Lipinski definition) is 2. The number of carbonyl (C=O) groups excluding carboxylic acids is 1. The Bertz CT molecular complexity index is 346. The summed E-state index contributed by atoms with van der Waals surface area (Å²) in [6, 6.07) is 6.95. The van der Waals surface area contributed by atoms with Gasteiger partial charge in [0, 0.05) is 17.8 Å². The van der Waals surface area contributed by atoms with Crippen molar-refractivity contribution in [2.45, 2.75) is 0 Å². The van der Waals surface area contributed by atoms with Crippen molar-refractivity contribution in [1.82, 2.24) is 4.90 Å². The minimum atomic E-state index is -0.133. The summed E-state index contributed by atoms with van der Waals surface area (Å²) < 4.78 is 0. The number of benzene rings is 1. The first-order valence-corrected chi connectivity index (χ1v) is 6.17. The van der Waals surface area contributed by atoms with Crippen molar-refractivity contribution in [1.29, 1.82) is 0 Å². The molecule has 82 valence electrons. The maximum absolute atomic E-state index is 11.6. The first-order valence-electron chi connectivity index (χ1n) is 4.40. The van der Waals surface area contributed by atoms with Crippen molar-refractivity contribution < 1.29 is 4.79 Å². The van der Waals surface area contributed by atoms with E-state index in [0.717, 1.165) is 0 Å². The zero-order chi connectivity index (χ0) is 11.3. The van der Waals surface area contributed by atoms with Gasteiger partial charge in [0.1, 0.15) is 0 Å². The van der Waals surface area contributed by atoms with E-state index in [4.69, 9.17) is 11.6 Å². The topological polar surface area (TPSA) is 32.3 Å². The van der Waals surface area contributed by atoms with Crippen molar-refractivity contribution in [2.24, 2.45) is 0 Å². The maximum Gasteiger partial charge on any atom is 0.322 e. The highest BCUT2D eigenvalue weighted by Crippen LogP contribution is 2.15. The van der Waals surface area contributed by atoms with Gasteiger partial charge in [0.15, 0.2) is 0 Å². The molecule has 0 radical (unpaired) electrons. The Balaban J connectivity index is 2.58. The quantitative estimate of drug-likeness (QED) is 0.829. The van der Waals surface area contributed by atoms with E-state index < -0.39 is 0 Å². The average molecular weight is 245 g/mol. The molecule has 0 spiro atoms. The average Bonchev–Trinajstić information content (AvgIpc) is 2.18. The van der Waals surface area contributed by atoms with Crippen LogP contribution in [0, 0.1) is 0 Å². The third-order valence-electron chi connectivity index (χ3n) is 1.75. The Morgan fingerprint density at radius 1 is 1.60 bits per heavy atom. The van der Waals surface area contributed by atoms with E-state index in [2.05, 4.69) is 5.32 Å². The summed E-state index contributed by atoms with van der Waals surface area (Å²) in [4.78, 5) is 13.2. The molecule has 0 fully saturated rings. The second-order valence-electron chi connectivity index (χ2n) is 3.06. The summed E-state index contributed by atoms with van der Waals surface area (Å²) in [6.07, 6.45) is 1.95.